The van der Waals surface area contributed by atoms with Crippen molar-refractivity contribution in [1.82, 2.24) is 10.6 Å². The third kappa shape index (κ3) is 4.99. The van der Waals surface area contributed by atoms with Crippen molar-refractivity contribution in [2.75, 3.05) is 20.2 Å². The van der Waals surface area contributed by atoms with Crippen LogP contribution >= 0.6 is 0 Å². The van der Waals surface area contributed by atoms with E-state index in [0.717, 1.165) is 12.8 Å². The summed E-state index contributed by atoms with van der Waals surface area (Å²) in [4.78, 5) is 33.7. The molecule has 6 nitrogen and oxygen atoms in total. The molecule has 100 valence electrons. The molecule has 0 unspecified atom stereocenters. The number of nitrogens with one attached hydrogen (secondary N) is 2. The zero-order valence-corrected chi connectivity index (χ0v) is 10.4. The summed E-state index contributed by atoms with van der Waals surface area (Å²) in [5.74, 6) is -1.28. The Hall–Kier alpha value is -1.85. The molecule has 0 aromatic heterocycles. The van der Waals surface area contributed by atoms with Gasteiger partial charge in [0.05, 0.1) is 12.5 Å². The summed E-state index contributed by atoms with van der Waals surface area (Å²) in [7, 11) is 1.48. The van der Waals surface area contributed by atoms with E-state index in [1.807, 2.05) is 12.2 Å². The predicted octanol–water partition coefficient (Wildman–Crippen LogP) is -0.252. The van der Waals surface area contributed by atoms with Gasteiger partial charge in [0.25, 0.3) is 5.91 Å². The minimum atomic E-state index is -0.474. The number of rotatable bonds is 5. The van der Waals surface area contributed by atoms with Crippen molar-refractivity contribution >= 4 is 17.8 Å². The maximum Gasteiger partial charge on any atom is 0.309 e. The van der Waals surface area contributed by atoms with Crippen LogP contribution in [-0.2, 0) is 19.1 Å². The lowest BCUT2D eigenvalue weighted by molar-refractivity contribution is -0.152. The number of esters is 1. The first kappa shape index (κ1) is 14.2. The largest absolute Gasteiger partial charge is 0.455 e. The lowest BCUT2D eigenvalue weighted by Gasteiger charge is -2.16. The second-order valence-electron chi connectivity index (χ2n) is 4.04. The Labute approximate surface area is 106 Å². The molecule has 0 heterocycles. The first-order valence-corrected chi connectivity index (χ1v) is 5.92. The Balaban J connectivity index is 2.19. The molecule has 0 fully saturated rings. The zero-order valence-electron chi connectivity index (χ0n) is 10.4. The summed E-state index contributed by atoms with van der Waals surface area (Å²) >= 11 is 0. The second kappa shape index (κ2) is 7.47. The molecule has 0 bridgehead atoms. The van der Waals surface area contributed by atoms with Gasteiger partial charge in [-0.2, -0.15) is 0 Å². The fraction of sp³-hybridized carbons (Fsp3) is 0.583. The van der Waals surface area contributed by atoms with Crippen molar-refractivity contribution in [2.24, 2.45) is 5.92 Å². The maximum atomic E-state index is 11.6. The predicted molar refractivity (Wildman–Crippen MR) is 64.5 cm³/mol. The molecule has 1 aliphatic carbocycles. The third-order valence-electron chi connectivity index (χ3n) is 2.67. The van der Waals surface area contributed by atoms with Gasteiger partial charge < -0.3 is 15.4 Å². The van der Waals surface area contributed by atoms with Gasteiger partial charge in [-0.1, -0.05) is 12.2 Å². The Morgan fingerprint density at radius 2 is 2.06 bits per heavy atom. The highest BCUT2D eigenvalue weighted by Gasteiger charge is 2.20. The number of ether oxygens (including phenoxy) is 1. The van der Waals surface area contributed by atoms with Crippen LogP contribution in [-0.4, -0.2) is 38.0 Å². The van der Waals surface area contributed by atoms with E-state index in [1.165, 1.54) is 7.05 Å². The van der Waals surface area contributed by atoms with Crippen LogP contribution in [0.25, 0.3) is 0 Å². The highest BCUT2D eigenvalue weighted by Crippen LogP contribution is 2.19. The van der Waals surface area contributed by atoms with E-state index >= 15 is 0 Å². The number of likely N-dealkylation sites (N-methyl/N-ethyl adjacent to an activating group) is 1. The third-order valence-corrected chi connectivity index (χ3v) is 2.67. The smallest absolute Gasteiger partial charge is 0.309 e. The van der Waals surface area contributed by atoms with E-state index in [4.69, 9.17) is 4.74 Å². The monoisotopic (exact) mass is 254 g/mol. The molecular weight excluding hydrogens is 236 g/mol. The molecule has 18 heavy (non-hydrogen) atoms. The Morgan fingerprint density at radius 3 is 2.67 bits per heavy atom. The van der Waals surface area contributed by atoms with Gasteiger partial charge in [-0.3, -0.25) is 14.4 Å². The minimum Gasteiger partial charge on any atom is -0.455 e. The number of hydrogen-bond acceptors (Lipinski definition) is 4. The van der Waals surface area contributed by atoms with Gasteiger partial charge in [-0.25, -0.2) is 0 Å². The molecule has 1 atom stereocenters. The summed E-state index contributed by atoms with van der Waals surface area (Å²) in [6, 6.07) is 0. The van der Waals surface area contributed by atoms with E-state index in [0.29, 0.717) is 6.42 Å². The summed E-state index contributed by atoms with van der Waals surface area (Å²) in [5, 5.41) is 4.72. The van der Waals surface area contributed by atoms with Crippen LogP contribution in [0.3, 0.4) is 0 Å². The lowest BCUT2D eigenvalue weighted by Crippen LogP contribution is -2.37. The van der Waals surface area contributed by atoms with Crippen LogP contribution in [0, 0.1) is 5.92 Å². The summed E-state index contributed by atoms with van der Waals surface area (Å²) in [5.41, 5.74) is 0. The lowest BCUT2D eigenvalue weighted by atomic mass is 9.95. The molecule has 0 aromatic rings. The van der Waals surface area contributed by atoms with Gasteiger partial charge >= 0.3 is 5.97 Å². The van der Waals surface area contributed by atoms with Gasteiger partial charge in [-0.15, -0.1) is 0 Å². The molecule has 0 spiro atoms. The van der Waals surface area contributed by atoms with Crippen LogP contribution in [0.2, 0.25) is 0 Å². The highest BCUT2D eigenvalue weighted by molar-refractivity contribution is 5.86. The molecule has 0 saturated heterocycles. The molecule has 2 amide bonds. The first-order chi connectivity index (χ1) is 8.63. The van der Waals surface area contributed by atoms with Crippen LogP contribution in [0.1, 0.15) is 19.3 Å². The summed E-state index contributed by atoms with van der Waals surface area (Å²) in [6.07, 6.45) is 6.26. The van der Waals surface area contributed by atoms with Crippen molar-refractivity contribution in [3.05, 3.63) is 12.2 Å². The van der Waals surface area contributed by atoms with Crippen LogP contribution < -0.4 is 10.6 Å². The fourth-order valence-electron chi connectivity index (χ4n) is 1.58. The van der Waals surface area contributed by atoms with E-state index in [2.05, 4.69) is 10.6 Å². The van der Waals surface area contributed by atoms with Crippen molar-refractivity contribution in [2.45, 2.75) is 19.3 Å². The fourth-order valence-corrected chi connectivity index (χ4v) is 1.58. The molecular formula is C12H18N2O4. The van der Waals surface area contributed by atoms with Crippen molar-refractivity contribution in [3.8, 4) is 0 Å². The molecule has 0 aromatic carbocycles. The van der Waals surface area contributed by atoms with Crippen LogP contribution in [0.4, 0.5) is 0 Å². The average molecular weight is 254 g/mol. The highest BCUT2D eigenvalue weighted by atomic mass is 16.5. The van der Waals surface area contributed by atoms with Crippen molar-refractivity contribution < 1.29 is 19.1 Å². The molecule has 6 heteroatoms. The Bertz CT molecular complexity index is 352. The van der Waals surface area contributed by atoms with E-state index < -0.39 is 5.91 Å². The molecule has 1 aliphatic rings. The maximum absolute atomic E-state index is 11.6. The van der Waals surface area contributed by atoms with E-state index in [-0.39, 0.29) is 30.9 Å². The molecule has 0 saturated carbocycles. The molecule has 2 N–H and O–H groups in total. The number of amides is 2. The number of carbonyl (C=O) groups is 3. The quantitative estimate of drug-likeness (QED) is 0.523. The zero-order chi connectivity index (χ0) is 13.4. The topological polar surface area (TPSA) is 84.5 Å². The molecule has 1 rings (SSSR count). The van der Waals surface area contributed by atoms with Gasteiger partial charge in [0.2, 0.25) is 5.91 Å². The number of allylic oxidation sites excluding steroid dienone is 2. The van der Waals surface area contributed by atoms with Gasteiger partial charge in [0.15, 0.2) is 6.61 Å². The SMILES string of the molecule is CNC(=O)CNC(=O)COC(=O)[C@@H]1CC=CCC1. The van der Waals surface area contributed by atoms with Crippen LogP contribution in [0.5, 0.6) is 0 Å². The Morgan fingerprint density at radius 1 is 1.28 bits per heavy atom. The molecule has 0 radical (unpaired) electrons. The average Bonchev–Trinajstić information content (AvgIpc) is 2.42. The molecule has 0 aliphatic heterocycles. The summed E-state index contributed by atoms with van der Waals surface area (Å²) in [6.45, 7) is -0.449. The van der Waals surface area contributed by atoms with Crippen molar-refractivity contribution in [1.29, 1.82) is 0 Å². The van der Waals surface area contributed by atoms with Gasteiger partial charge in [0, 0.05) is 7.05 Å². The van der Waals surface area contributed by atoms with Crippen LogP contribution in [0.15, 0.2) is 12.2 Å². The Kier molecular flexibility index (Phi) is 5.90. The second-order valence-corrected chi connectivity index (χ2v) is 4.04. The normalized spacial score (nSPS) is 17.9. The van der Waals surface area contributed by atoms with E-state index in [9.17, 15) is 14.4 Å². The van der Waals surface area contributed by atoms with Gasteiger partial charge in [-0.05, 0) is 19.3 Å². The number of carbonyl (C=O) groups excluding carboxylic acids is 3. The van der Waals surface area contributed by atoms with Gasteiger partial charge in [0.1, 0.15) is 0 Å². The standard InChI is InChI=1S/C12H18N2O4/c1-13-10(15)7-14-11(16)8-18-12(17)9-5-3-2-4-6-9/h2-3,9H,4-8H2,1H3,(H,13,15)(H,14,16)/t9-/m1/s1. The summed E-state index contributed by atoms with van der Waals surface area (Å²) < 4.78 is 4.89. The number of hydrogen-bond donors (Lipinski definition) is 2. The minimum absolute atomic E-state index is 0.112. The first-order valence-electron chi connectivity index (χ1n) is 5.92. The van der Waals surface area contributed by atoms with E-state index in [1.54, 1.807) is 0 Å². The van der Waals surface area contributed by atoms with Crippen molar-refractivity contribution in [3.63, 3.8) is 0 Å².